The van der Waals surface area contributed by atoms with E-state index in [1.165, 1.54) is 0 Å². The lowest BCUT2D eigenvalue weighted by molar-refractivity contribution is -0.137. The van der Waals surface area contributed by atoms with Crippen LogP contribution in [0.4, 0.5) is 0 Å². The predicted molar refractivity (Wildman–Crippen MR) is 70.7 cm³/mol. The van der Waals surface area contributed by atoms with Crippen molar-refractivity contribution in [1.29, 1.82) is 0 Å². The smallest absolute Gasteiger partial charge is 0.304 e. The van der Waals surface area contributed by atoms with Gasteiger partial charge >= 0.3 is 5.97 Å². The average molecular weight is 257 g/mol. The van der Waals surface area contributed by atoms with Gasteiger partial charge in [-0.05, 0) is 25.1 Å². The molecule has 0 amide bonds. The first-order valence-electron chi connectivity index (χ1n) is 6.04. The van der Waals surface area contributed by atoms with Gasteiger partial charge in [0.25, 0.3) is 0 Å². The highest BCUT2D eigenvalue weighted by Gasteiger charge is 2.15. The van der Waals surface area contributed by atoms with Gasteiger partial charge in [0.1, 0.15) is 5.82 Å². The van der Waals surface area contributed by atoms with Crippen LogP contribution in [-0.4, -0.2) is 26.0 Å². The lowest BCUT2D eigenvalue weighted by Crippen LogP contribution is -2.08. The van der Waals surface area contributed by atoms with E-state index in [1.54, 1.807) is 12.4 Å². The molecule has 0 aliphatic carbocycles. The molecule has 0 fully saturated rings. The van der Waals surface area contributed by atoms with Gasteiger partial charge in [-0.25, -0.2) is 9.97 Å². The molecule has 1 unspecified atom stereocenters. The third-order valence-corrected chi connectivity index (χ3v) is 2.75. The lowest BCUT2D eigenvalue weighted by atomic mass is 10.1. The van der Waals surface area contributed by atoms with Crippen molar-refractivity contribution in [3.63, 3.8) is 0 Å². The van der Waals surface area contributed by atoms with Crippen LogP contribution in [0.5, 0.6) is 0 Å². The van der Waals surface area contributed by atoms with Crippen LogP contribution in [0.15, 0.2) is 30.6 Å². The molecule has 0 saturated heterocycles. The quantitative estimate of drug-likeness (QED) is 0.910. The fourth-order valence-corrected chi connectivity index (χ4v) is 1.83. The van der Waals surface area contributed by atoms with Crippen molar-refractivity contribution >= 4 is 5.97 Å². The van der Waals surface area contributed by atoms with E-state index in [-0.39, 0.29) is 12.3 Å². The second-order valence-electron chi connectivity index (χ2n) is 4.49. The van der Waals surface area contributed by atoms with Gasteiger partial charge in [-0.2, -0.15) is 0 Å². The third-order valence-electron chi connectivity index (χ3n) is 2.75. The summed E-state index contributed by atoms with van der Waals surface area (Å²) in [6, 6.07) is 5.63. The molecular weight excluding hydrogens is 242 g/mol. The van der Waals surface area contributed by atoms with Gasteiger partial charge in [0, 0.05) is 29.6 Å². The minimum atomic E-state index is -0.847. The Morgan fingerprint density at radius 2 is 2.21 bits per heavy atom. The van der Waals surface area contributed by atoms with Crippen LogP contribution < -0.4 is 0 Å². The number of hydrogen-bond donors (Lipinski definition) is 1. The maximum absolute atomic E-state index is 10.8. The van der Waals surface area contributed by atoms with Gasteiger partial charge in [0.15, 0.2) is 0 Å². The number of nitrogens with zero attached hydrogens (tertiary/aromatic N) is 3. The van der Waals surface area contributed by atoms with E-state index in [4.69, 9.17) is 5.11 Å². The van der Waals surface area contributed by atoms with Gasteiger partial charge in [0.05, 0.1) is 12.1 Å². The normalized spacial score (nSPS) is 12.1. The van der Waals surface area contributed by atoms with E-state index >= 15 is 0 Å². The van der Waals surface area contributed by atoms with E-state index in [1.807, 2.05) is 32.0 Å². The Hall–Kier alpha value is -2.30. The molecule has 1 N–H and O–H groups in total. The first kappa shape index (κ1) is 13.1. The zero-order valence-corrected chi connectivity index (χ0v) is 10.9. The number of rotatable bonds is 4. The van der Waals surface area contributed by atoms with Crippen LogP contribution in [0.3, 0.4) is 0 Å². The molecule has 5 nitrogen and oxygen atoms in total. The number of carboxylic acids is 1. The van der Waals surface area contributed by atoms with Crippen molar-refractivity contribution in [1.82, 2.24) is 15.0 Å². The monoisotopic (exact) mass is 257 g/mol. The summed E-state index contributed by atoms with van der Waals surface area (Å²) in [5.41, 5.74) is 2.49. The molecule has 0 spiro atoms. The van der Waals surface area contributed by atoms with Crippen LogP contribution in [0.2, 0.25) is 0 Å². The molecule has 0 radical (unpaired) electrons. The summed E-state index contributed by atoms with van der Waals surface area (Å²) in [5.74, 6) is -0.505. The summed E-state index contributed by atoms with van der Waals surface area (Å²) in [4.78, 5) is 23.6. The molecule has 0 saturated carbocycles. The highest BCUT2D eigenvalue weighted by Crippen LogP contribution is 2.21. The largest absolute Gasteiger partial charge is 0.481 e. The third kappa shape index (κ3) is 3.34. The minimum Gasteiger partial charge on any atom is -0.481 e. The summed E-state index contributed by atoms with van der Waals surface area (Å²) in [6.07, 6.45) is 3.45. The van der Waals surface area contributed by atoms with Crippen LogP contribution in [0, 0.1) is 6.92 Å². The van der Waals surface area contributed by atoms with Crippen molar-refractivity contribution in [2.45, 2.75) is 26.2 Å². The van der Waals surface area contributed by atoms with Gasteiger partial charge < -0.3 is 5.11 Å². The summed E-state index contributed by atoms with van der Waals surface area (Å²) >= 11 is 0. The van der Waals surface area contributed by atoms with Crippen LogP contribution >= 0.6 is 0 Å². The number of carbonyl (C=O) groups is 1. The maximum atomic E-state index is 10.8. The Labute approximate surface area is 111 Å². The number of pyridine rings is 1. The van der Waals surface area contributed by atoms with E-state index < -0.39 is 5.97 Å². The van der Waals surface area contributed by atoms with Gasteiger partial charge in [0.2, 0.25) is 0 Å². The van der Waals surface area contributed by atoms with Gasteiger partial charge in [-0.15, -0.1) is 0 Å². The van der Waals surface area contributed by atoms with Crippen molar-refractivity contribution in [3.8, 4) is 11.3 Å². The highest BCUT2D eigenvalue weighted by molar-refractivity contribution is 5.67. The number of aliphatic carboxylic acids is 1. The number of hydrogen-bond acceptors (Lipinski definition) is 4. The van der Waals surface area contributed by atoms with E-state index in [9.17, 15) is 4.79 Å². The molecule has 0 aliphatic rings. The zero-order chi connectivity index (χ0) is 13.8. The molecule has 98 valence electrons. The number of aromatic nitrogens is 3. The van der Waals surface area contributed by atoms with E-state index in [2.05, 4.69) is 15.0 Å². The summed E-state index contributed by atoms with van der Waals surface area (Å²) in [5, 5.41) is 8.84. The fraction of sp³-hybridized carbons (Fsp3) is 0.286. The van der Waals surface area contributed by atoms with Crippen molar-refractivity contribution < 1.29 is 9.90 Å². The zero-order valence-electron chi connectivity index (χ0n) is 10.9. The fourth-order valence-electron chi connectivity index (χ4n) is 1.83. The van der Waals surface area contributed by atoms with Crippen molar-refractivity contribution in [2.75, 3.05) is 0 Å². The Bertz CT molecular complexity index is 584. The van der Waals surface area contributed by atoms with Crippen molar-refractivity contribution in [3.05, 3.63) is 42.1 Å². The summed E-state index contributed by atoms with van der Waals surface area (Å²) in [7, 11) is 0. The molecule has 2 aromatic rings. The van der Waals surface area contributed by atoms with E-state index in [0.29, 0.717) is 5.82 Å². The van der Waals surface area contributed by atoms with Gasteiger partial charge in [-0.1, -0.05) is 6.92 Å². The molecule has 19 heavy (non-hydrogen) atoms. The molecule has 5 heteroatoms. The van der Waals surface area contributed by atoms with Crippen LogP contribution in [0.1, 0.15) is 30.8 Å². The molecule has 0 aromatic carbocycles. The first-order chi connectivity index (χ1) is 9.06. The molecule has 2 heterocycles. The first-order valence-corrected chi connectivity index (χ1v) is 6.04. The Morgan fingerprint density at radius 1 is 1.42 bits per heavy atom. The number of carboxylic acid groups (broad SMARTS) is 1. The van der Waals surface area contributed by atoms with Crippen LogP contribution in [0.25, 0.3) is 11.3 Å². The molecule has 2 rings (SSSR count). The molecule has 0 aliphatic heterocycles. The molecule has 1 atom stereocenters. The second-order valence-corrected chi connectivity index (χ2v) is 4.49. The predicted octanol–water partition coefficient (Wildman–Crippen LogP) is 2.43. The highest BCUT2D eigenvalue weighted by atomic mass is 16.4. The Balaban J connectivity index is 2.37. The van der Waals surface area contributed by atoms with Crippen LogP contribution in [-0.2, 0) is 4.79 Å². The minimum absolute atomic E-state index is 0.0237. The SMILES string of the molecule is Cc1cc(-c2cccnc2)nc(C(C)CC(=O)O)n1. The topological polar surface area (TPSA) is 76.0 Å². The van der Waals surface area contributed by atoms with Gasteiger partial charge in [-0.3, -0.25) is 9.78 Å². The Morgan fingerprint density at radius 3 is 2.84 bits per heavy atom. The number of aryl methyl sites for hydroxylation is 1. The lowest BCUT2D eigenvalue weighted by Gasteiger charge is -2.10. The maximum Gasteiger partial charge on any atom is 0.304 e. The Kier molecular flexibility index (Phi) is 3.85. The van der Waals surface area contributed by atoms with Crippen molar-refractivity contribution in [2.24, 2.45) is 0 Å². The van der Waals surface area contributed by atoms with E-state index in [0.717, 1.165) is 17.0 Å². The molecule has 0 bridgehead atoms. The molecule has 2 aromatic heterocycles. The average Bonchev–Trinajstić information content (AvgIpc) is 2.38. The molecular formula is C14H15N3O2. The second kappa shape index (κ2) is 5.56. The summed E-state index contributed by atoms with van der Waals surface area (Å²) < 4.78 is 0. The summed E-state index contributed by atoms with van der Waals surface area (Å²) in [6.45, 7) is 3.69. The standard InChI is InChI=1S/C14H15N3O2/c1-9(6-13(18)19)14-16-10(2)7-12(17-14)11-4-3-5-15-8-11/h3-5,7-9H,6H2,1-2H3,(H,18,19).